The summed E-state index contributed by atoms with van der Waals surface area (Å²) in [4.78, 5) is 27.6. The molecular formula is C21H19N3O4. The molecule has 0 unspecified atom stereocenters. The monoisotopic (exact) mass is 377 g/mol. The zero-order valence-electron chi connectivity index (χ0n) is 15.1. The summed E-state index contributed by atoms with van der Waals surface area (Å²) in [5.41, 5.74) is 2.05. The zero-order valence-corrected chi connectivity index (χ0v) is 15.1. The van der Waals surface area contributed by atoms with Crippen LogP contribution in [-0.4, -0.2) is 28.6 Å². The quantitative estimate of drug-likeness (QED) is 0.395. The van der Waals surface area contributed by atoms with Crippen molar-refractivity contribution in [2.45, 2.75) is 13.0 Å². The Kier molecular flexibility index (Phi) is 5.05. The second-order valence-corrected chi connectivity index (χ2v) is 6.37. The number of ether oxygens (including phenoxy) is 1. The highest BCUT2D eigenvalue weighted by atomic mass is 16.5. The third-order valence-electron chi connectivity index (χ3n) is 4.39. The van der Waals surface area contributed by atoms with E-state index in [1.807, 2.05) is 30.6 Å². The molecule has 0 aliphatic rings. The molecule has 7 nitrogen and oxygen atoms in total. The Balaban J connectivity index is 1.24. The Labute approximate surface area is 160 Å². The molecular weight excluding hydrogens is 358 g/mol. The Morgan fingerprint density at radius 1 is 1.14 bits per heavy atom. The Morgan fingerprint density at radius 3 is 2.93 bits per heavy atom. The number of rotatable bonds is 7. The first-order chi connectivity index (χ1) is 13.7. The number of aromatic nitrogens is 2. The zero-order chi connectivity index (χ0) is 19.3. The minimum Gasteiger partial charge on any atom is -0.484 e. The Bertz CT molecular complexity index is 1180. The largest absolute Gasteiger partial charge is 0.484 e. The summed E-state index contributed by atoms with van der Waals surface area (Å²) in [5.74, 6) is 0.270. The molecule has 4 aromatic rings. The van der Waals surface area contributed by atoms with E-state index in [4.69, 9.17) is 9.15 Å². The summed E-state index contributed by atoms with van der Waals surface area (Å²) in [6.07, 6.45) is 2.60. The first-order valence-corrected chi connectivity index (χ1v) is 9.02. The molecule has 28 heavy (non-hydrogen) atoms. The highest BCUT2D eigenvalue weighted by Crippen LogP contribution is 2.19. The lowest BCUT2D eigenvalue weighted by Gasteiger charge is -2.08. The molecule has 1 N–H and O–H groups in total. The maximum absolute atomic E-state index is 12.0. The van der Waals surface area contributed by atoms with Gasteiger partial charge in [0, 0.05) is 30.6 Å². The molecule has 0 saturated heterocycles. The highest BCUT2D eigenvalue weighted by molar-refractivity contribution is 5.79. The van der Waals surface area contributed by atoms with E-state index in [1.54, 1.807) is 24.3 Å². The van der Waals surface area contributed by atoms with Gasteiger partial charge in [-0.15, -0.1) is 0 Å². The van der Waals surface area contributed by atoms with E-state index in [-0.39, 0.29) is 12.5 Å². The average molecular weight is 377 g/mol. The molecule has 142 valence electrons. The fourth-order valence-electron chi connectivity index (χ4n) is 3.00. The highest BCUT2D eigenvalue weighted by Gasteiger charge is 2.05. The van der Waals surface area contributed by atoms with E-state index in [0.717, 1.165) is 29.4 Å². The van der Waals surface area contributed by atoms with Crippen LogP contribution in [0.15, 0.2) is 70.1 Å². The Hall–Kier alpha value is -3.61. The van der Waals surface area contributed by atoms with E-state index < -0.39 is 5.63 Å². The van der Waals surface area contributed by atoms with Gasteiger partial charge in [-0.25, -0.2) is 9.78 Å². The standard InChI is InChI=1S/C21H19N3O4/c25-20(13-27-16-8-6-15-7-9-21(26)28-19(15)12-16)22-10-3-11-24-14-23-17-4-1-2-5-18(17)24/h1-2,4-9,12,14H,3,10-11,13H2,(H,22,25). The molecule has 0 aliphatic carbocycles. The van der Waals surface area contributed by atoms with Gasteiger partial charge in [-0.1, -0.05) is 12.1 Å². The number of para-hydroxylation sites is 2. The molecule has 2 heterocycles. The summed E-state index contributed by atoms with van der Waals surface area (Å²) >= 11 is 0. The fourth-order valence-corrected chi connectivity index (χ4v) is 3.00. The number of fused-ring (bicyclic) bond motifs is 2. The van der Waals surface area contributed by atoms with Crippen LogP contribution >= 0.6 is 0 Å². The third kappa shape index (κ3) is 4.03. The number of amides is 1. The second-order valence-electron chi connectivity index (χ2n) is 6.37. The predicted molar refractivity (Wildman–Crippen MR) is 105 cm³/mol. The van der Waals surface area contributed by atoms with Gasteiger partial charge in [-0.3, -0.25) is 4.79 Å². The van der Waals surface area contributed by atoms with Gasteiger partial charge in [-0.2, -0.15) is 0 Å². The molecule has 0 aliphatic heterocycles. The first kappa shape index (κ1) is 17.8. The van der Waals surface area contributed by atoms with Gasteiger partial charge >= 0.3 is 5.63 Å². The molecule has 0 radical (unpaired) electrons. The van der Waals surface area contributed by atoms with Gasteiger partial charge in [0.1, 0.15) is 11.3 Å². The number of imidazole rings is 1. The van der Waals surface area contributed by atoms with E-state index in [9.17, 15) is 9.59 Å². The molecule has 0 bridgehead atoms. The van der Waals surface area contributed by atoms with Crippen LogP contribution in [0, 0.1) is 0 Å². The topological polar surface area (TPSA) is 86.4 Å². The van der Waals surface area contributed by atoms with Crippen LogP contribution in [0.5, 0.6) is 5.75 Å². The van der Waals surface area contributed by atoms with E-state index in [2.05, 4.69) is 14.9 Å². The minimum atomic E-state index is -0.423. The van der Waals surface area contributed by atoms with Gasteiger partial charge in [0.25, 0.3) is 5.91 Å². The molecule has 2 aromatic heterocycles. The van der Waals surface area contributed by atoms with Gasteiger partial charge in [-0.05, 0) is 36.8 Å². The van der Waals surface area contributed by atoms with Gasteiger partial charge < -0.3 is 19.0 Å². The number of carbonyl (C=O) groups excluding carboxylic acids is 1. The molecule has 4 rings (SSSR count). The van der Waals surface area contributed by atoms with Crippen molar-refractivity contribution < 1.29 is 13.9 Å². The lowest BCUT2D eigenvalue weighted by atomic mass is 10.2. The van der Waals surface area contributed by atoms with Crippen LogP contribution in [0.4, 0.5) is 0 Å². The van der Waals surface area contributed by atoms with Gasteiger partial charge in [0.15, 0.2) is 6.61 Å². The smallest absolute Gasteiger partial charge is 0.336 e. The minimum absolute atomic E-state index is 0.101. The number of hydrogen-bond donors (Lipinski definition) is 1. The molecule has 2 aromatic carbocycles. The van der Waals surface area contributed by atoms with Crippen molar-refractivity contribution in [2.75, 3.05) is 13.2 Å². The summed E-state index contributed by atoms with van der Waals surface area (Å²) in [6, 6.07) is 16.1. The number of hydrogen-bond acceptors (Lipinski definition) is 5. The molecule has 7 heteroatoms. The third-order valence-corrected chi connectivity index (χ3v) is 4.39. The van der Waals surface area contributed by atoms with Gasteiger partial charge in [0.2, 0.25) is 0 Å². The number of nitrogens with zero attached hydrogens (tertiary/aromatic N) is 2. The number of aryl methyl sites for hydroxylation is 1. The summed E-state index contributed by atoms with van der Waals surface area (Å²) in [6.45, 7) is 1.21. The lowest BCUT2D eigenvalue weighted by molar-refractivity contribution is -0.123. The Morgan fingerprint density at radius 2 is 2.00 bits per heavy atom. The van der Waals surface area contributed by atoms with Crippen LogP contribution in [0.2, 0.25) is 0 Å². The molecule has 0 saturated carbocycles. The van der Waals surface area contributed by atoms with E-state index in [1.165, 1.54) is 6.07 Å². The second kappa shape index (κ2) is 7.96. The van der Waals surface area contributed by atoms with Crippen molar-refractivity contribution >= 4 is 27.9 Å². The number of benzene rings is 2. The molecule has 1 amide bonds. The van der Waals surface area contributed by atoms with Crippen LogP contribution in [0.25, 0.3) is 22.0 Å². The maximum atomic E-state index is 12.0. The molecule has 0 fully saturated rings. The van der Waals surface area contributed by atoms with Crippen molar-refractivity contribution in [1.29, 1.82) is 0 Å². The van der Waals surface area contributed by atoms with Crippen molar-refractivity contribution in [3.8, 4) is 5.75 Å². The lowest BCUT2D eigenvalue weighted by Crippen LogP contribution is -2.30. The van der Waals surface area contributed by atoms with Crippen molar-refractivity contribution in [3.63, 3.8) is 0 Å². The van der Waals surface area contributed by atoms with E-state index >= 15 is 0 Å². The average Bonchev–Trinajstić information content (AvgIpc) is 3.12. The predicted octanol–water partition coefficient (Wildman–Crippen LogP) is 2.73. The van der Waals surface area contributed by atoms with Crippen molar-refractivity contribution in [2.24, 2.45) is 0 Å². The molecule has 0 spiro atoms. The summed E-state index contributed by atoms with van der Waals surface area (Å²) < 4.78 is 12.7. The van der Waals surface area contributed by atoms with E-state index in [0.29, 0.717) is 17.9 Å². The van der Waals surface area contributed by atoms with Crippen LogP contribution in [0.1, 0.15) is 6.42 Å². The summed E-state index contributed by atoms with van der Waals surface area (Å²) in [7, 11) is 0. The maximum Gasteiger partial charge on any atom is 0.336 e. The van der Waals surface area contributed by atoms with Crippen molar-refractivity contribution in [1.82, 2.24) is 14.9 Å². The van der Waals surface area contributed by atoms with Crippen LogP contribution in [-0.2, 0) is 11.3 Å². The summed E-state index contributed by atoms with van der Waals surface area (Å²) in [5, 5.41) is 3.63. The normalized spacial score (nSPS) is 11.0. The van der Waals surface area contributed by atoms with Crippen LogP contribution in [0.3, 0.4) is 0 Å². The van der Waals surface area contributed by atoms with Gasteiger partial charge in [0.05, 0.1) is 17.4 Å². The first-order valence-electron chi connectivity index (χ1n) is 9.02. The van der Waals surface area contributed by atoms with Crippen molar-refractivity contribution in [3.05, 3.63) is 71.3 Å². The number of carbonyl (C=O) groups is 1. The SMILES string of the molecule is O=C(COc1ccc2ccc(=O)oc2c1)NCCCn1cnc2ccccc21. The number of nitrogens with one attached hydrogen (secondary N) is 1. The van der Waals surface area contributed by atoms with Crippen LogP contribution < -0.4 is 15.7 Å². The molecule has 0 atom stereocenters. The fraction of sp³-hybridized carbons (Fsp3) is 0.190.